The Kier molecular flexibility index (Phi) is 6.15. The summed E-state index contributed by atoms with van der Waals surface area (Å²) in [6.07, 6.45) is 6.75. The normalized spacial score (nSPS) is 11.6. The Morgan fingerprint density at radius 1 is 0.974 bits per heavy atom. The van der Waals surface area contributed by atoms with Crippen molar-refractivity contribution in [3.05, 3.63) is 120 Å². The smallest absolute Gasteiger partial charge is 0.259 e. The van der Waals surface area contributed by atoms with Crippen molar-refractivity contribution in [2.45, 2.75) is 13.0 Å². The van der Waals surface area contributed by atoms with E-state index in [1.807, 2.05) is 67.6 Å². The summed E-state index contributed by atoms with van der Waals surface area (Å²) in [5.41, 5.74) is 11.8. The number of nitrogens with one attached hydrogen (secondary N) is 1. The summed E-state index contributed by atoms with van der Waals surface area (Å²) in [5, 5.41) is 8.21. The van der Waals surface area contributed by atoms with Crippen LogP contribution >= 0.6 is 0 Å². The third-order valence-corrected chi connectivity index (χ3v) is 6.41. The van der Waals surface area contributed by atoms with Gasteiger partial charge in [-0.25, -0.2) is 14.5 Å². The lowest BCUT2D eigenvalue weighted by molar-refractivity contribution is 0.0942. The van der Waals surface area contributed by atoms with E-state index in [-0.39, 0.29) is 17.3 Å². The topological polar surface area (TPSA) is 111 Å². The van der Waals surface area contributed by atoms with Crippen molar-refractivity contribution in [1.29, 1.82) is 0 Å². The summed E-state index contributed by atoms with van der Waals surface area (Å²) in [6, 6.07) is 23.0. The van der Waals surface area contributed by atoms with Crippen molar-refractivity contribution in [2.75, 3.05) is 5.73 Å². The first-order chi connectivity index (χ1) is 19.1. The largest absolute Gasteiger partial charge is 0.381 e. The van der Waals surface area contributed by atoms with Gasteiger partial charge in [-0.15, -0.1) is 5.10 Å². The second-order valence-electron chi connectivity index (χ2n) is 9.00. The molecule has 0 saturated heterocycles. The fraction of sp³-hybridized carbons (Fsp3) is 0.0645. The zero-order chi connectivity index (χ0) is 26.8. The number of rotatable bonds is 4. The summed E-state index contributed by atoms with van der Waals surface area (Å²) in [5.74, 6) is 6.23. The van der Waals surface area contributed by atoms with Crippen molar-refractivity contribution in [3.8, 4) is 23.1 Å². The van der Waals surface area contributed by atoms with Gasteiger partial charge in [0.25, 0.3) is 5.91 Å². The summed E-state index contributed by atoms with van der Waals surface area (Å²) in [6.45, 7) is 1.93. The molecular formula is C31H23N7O. The molecule has 0 fully saturated rings. The molecule has 0 aliphatic carbocycles. The maximum atomic E-state index is 13.4. The van der Waals surface area contributed by atoms with Gasteiger partial charge in [-0.1, -0.05) is 54.3 Å². The van der Waals surface area contributed by atoms with Crippen molar-refractivity contribution >= 4 is 28.3 Å². The third-order valence-electron chi connectivity index (χ3n) is 6.41. The van der Waals surface area contributed by atoms with Gasteiger partial charge in [0.15, 0.2) is 11.5 Å². The van der Waals surface area contributed by atoms with Crippen LogP contribution < -0.4 is 11.1 Å². The van der Waals surface area contributed by atoms with Gasteiger partial charge in [0.2, 0.25) is 0 Å². The fourth-order valence-corrected chi connectivity index (χ4v) is 4.52. The number of amides is 1. The predicted molar refractivity (Wildman–Crippen MR) is 151 cm³/mol. The predicted octanol–water partition coefficient (Wildman–Crippen LogP) is 4.81. The van der Waals surface area contributed by atoms with Gasteiger partial charge in [0, 0.05) is 46.9 Å². The minimum Gasteiger partial charge on any atom is -0.381 e. The molecule has 0 bridgehead atoms. The lowest BCUT2D eigenvalue weighted by Gasteiger charge is -2.19. The summed E-state index contributed by atoms with van der Waals surface area (Å²) >= 11 is 0. The van der Waals surface area contributed by atoms with Crippen LogP contribution in [0, 0.1) is 11.8 Å². The van der Waals surface area contributed by atoms with Gasteiger partial charge < -0.3 is 11.1 Å². The van der Waals surface area contributed by atoms with Crippen molar-refractivity contribution < 1.29 is 4.79 Å². The quantitative estimate of drug-likeness (QED) is 0.330. The third kappa shape index (κ3) is 4.65. The van der Waals surface area contributed by atoms with Crippen LogP contribution in [0.15, 0.2) is 97.6 Å². The van der Waals surface area contributed by atoms with E-state index in [9.17, 15) is 4.79 Å². The first-order valence-corrected chi connectivity index (χ1v) is 12.4. The second kappa shape index (κ2) is 10.1. The highest BCUT2D eigenvalue weighted by molar-refractivity contribution is 6.04. The van der Waals surface area contributed by atoms with E-state index in [1.165, 1.54) is 4.52 Å². The molecule has 6 rings (SSSR count). The van der Waals surface area contributed by atoms with Gasteiger partial charge in [-0.05, 0) is 37.3 Å². The summed E-state index contributed by atoms with van der Waals surface area (Å²) < 4.78 is 1.50. The molecular weight excluding hydrogens is 486 g/mol. The zero-order valence-electron chi connectivity index (χ0n) is 21.0. The molecule has 0 aliphatic heterocycles. The molecule has 4 aromatic heterocycles. The van der Waals surface area contributed by atoms with Gasteiger partial charge in [0.05, 0.1) is 22.8 Å². The highest BCUT2D eigenvalue weighted by Crippen LogP contribution is 2.31. The molecule has 1 unspecified atom stereocenters. The average molecular weight is 510 g/mol. The molecule has 8 nitrogen and oxygen atoms in total. The van der Waals surface area contributed by atoms with E-state index < -0.39 is 6.04 Å². The molecule has 3 N–H and O–H groups in total. The number of para-hydroxylation sites is 1. The SMILES string of the molecule is CC(NC(=O)c1c(N)nn2cccnc12)c1cc2cccc(C#Cc3ccncc3)c2nc1-c1ccccc1. The minimum atomic E-state index is -0.394. The molecule has 0 spiro atoms. The van der Waals surface area contributed by atoms with Gasteiger partial charge in [-0.2, -0.15) is 0 Å². The zero-order valence-corrected chi connectivity index (χ0v) is 21.0. The molecule has 39 heavy (non-hydrogen) atoms. The van der Waals surface area contributed by atoms with Gasteiger partial charge >= 0.3 is 0 Å². The maximum absolute atomic E-state index is 13.4. The standard InChI is InChI=1S/C31H23N7O/c1-20(35-31(39)26-29(32)37-38-18-6-15-34-30(26)38)25-19-24-10-5-9-23(12-11-21-13-16-33-17-14-21)27(24)36-28(25)22-7-3-2-4-8-22/h2-10,13-20H,1H3,(H2,32,37)(H,35,39). The Labute approximate surface area is 224 Å². The second-order valence-corrected chi connectivity index (χ2v) is 9.00. The van der Waals surface area contributed by atoms with Crippen LogP contribution in [0.5, 0.6) is 0 Å². The number of nitrogens with two attached hydrogens (primary N) is 1. The Balaban J connectivity index is 1.43. The van der Waals surface area contributed by atoms with E-state index in [0.29, 0.717) is 5.65 Å². The van der Waals surface area contributed by atoms with Gasteiger partial charge in [0.1, 0.15) is 5.56 Å². The molecule has 0 radical (unpaired) electrons. The molecule has 2 aromatic carbocycles. The maximum Gasteiger partial charge on any atom is 0.259 e. The van der Waals surface area contributed by atoms with E-state index in [0.717, 1.165) is 38.9 Å². The lowest BCUT2D eigenvalue weighted by atomic mass is 9.97. The number of anilines is 1. The molecule has 188 valence electrons. The highest BCUT2D eigenvalue weighted by atomic mass is 16.1. The summed E-state index contributed by atoms with van der Waals surface area (Å²) in [7, 11) is 0. The number of carbonyl (C=O) groups excluding carboxylic acids is 1. The number of carbonyl (C=O) groups is 1. The molecule has 1 atom stereocenters. The lowest BCUT2D eigenvalue weighted by Crippen LogP contribution is -2.28. The molecule has 8 heteroatoms. The van der Waals surface area contributed by atoms with Crippen molar-refractivity contribution in [1.82, 2.24) is 29.9 Å². The van der Waals surface area contributed by atoms with E-state index in [2.05, 4.69) is 38.3 Å². The number of aromatic nitrogens is 5. The van der Waals surface area contributed by atoms with Crippen molar-refractivity contribution in [2.24, 2.45) is 0 Å². The first kappa shape index (κ1) is 23.8. The Morgan fingerprint density at radius 3 is 2.62 bits per heavy atom. The Morgan fingerprint density at radius 2 is 1.79 bits per heavy atom. The molecule has 0 aliphatic rings. The number of nitrogen functional groups attached to an aromatic ring is 1. The number of hydrogen-bond donors (Lipinski definition) is 2. The average Bonchev–Trinajstić information content (AvgIpc) is 3.32. The highest BCUT2D eigenvalue weighted by Gasteiger charge is 2.23. The monoisotopic (exact) mass is 509 g/mol. The Hall–Kier alpha value is -5.55. The van der Waals surface area contributed by atoms with Crippen molar-refractivity contribution in [3.63, 3.8) is 0 Å². The first-order valence-electron chi connectivity index (χ1n) is 12.4. The number of fused-ring (bicyclic) bond motifs is 2. The van der Waals surface area contributed by atoms with E-state index in [4.69, 9.17) is 10.7 Å². The fourth-order valence-electron chi connectivity index (χ4n) is 4.52. The molecule has 4 heterocycles. The van der Waals surface area contributed by atoms with Crippen LogP contribution in [0.4, 0.5) is 5.82 Å². The molecule has 1 amide bonds. The van der Waals surface area contributed by atoms with Gasteiger partial charge in [-0.3, -0.25) is 9.78 Å². The number of nitrogens with zero attached hydrogens (tertiary/aromatic N) is 5. The van der Waals surface area contributed by atoms with Crippen LogP contribution in [0.3, 0.4) is 0 Å². The van der Waals surface area contributed by atoms with E-state index >= 15 is 0 Å². The van der Waals surface area contributed by atoms with Crippen LogP contribution in [0.1, 0.15) is 40.0 Å². The number of hydrogen-bond acceptors (Lipinski definition) is 6. The van der Waals surface area contributed by atoms with Crippen LogP contribution in [0.2, 0.25) is 0 Å². The number of pyridine rings is 2. The Bertz CT molecular complexity index is 1890. The van der Waals surface area contributed by atoms with E-state index in [1.54, 1.807) is 30.9 Å². The van der Waals surface area contributed by atoms with Crippen LogP contribution in [-0.4, -0.2) is 30.5 Å². The molecule has 6 aromatic rings. The minimum absolute atomic E-state index is 0.121. The van der Waals surface area contributed by atoms with Crippen LogP contribution in [0.25, 0.3) is 27.8 Å². The summed E-state index contributed by atoms with van der Waals surface area (Å²) in [4.78, 5) is 26.8. The number of benzene rings is 2. The molecule has 0 saturated carbocycles. The van der Waals surface area contributed by atoms with Crippen LogP contribution in [-0.2, 0) is 0 Å².